The minimum atomic E-state index is -0.101. The molecule has 0 bridgehead atoms. The Morgan fingerprint density at radius 3 is 2.09 bits per heavy atom. The zero-order valence-electron chi connectivity index (χ0n) is 21.0. The lowest BCUT2D eigenvalue weighted by atomic mass is 10.0. The van der Waals surface area contributed by atoms with Crippen LogP contribution in [0.15, 0.2) is 84.9 Å². The van der Waals surface area contributed by atoms with E-state index in [-0.39, 0.29) is 11.9 Å². The summed E-state index contributed by atoms with van der Waals surface area (Å²) in [5.74, 6) is 0.701. The number of hydrogen-bond acceptors (Lipinski definition) is 3. The Hall–Kier alpha value is -3.86. The smallest absolute Gasteiger partial charge is 0.270 e. The van der Waals surface area contributed by atoms with Gasteiger partial charge < -0.3 is 14.8 Å². The van der Waals surface area contributed by atoms with Gasteiger partial charge in [-0.05, 0) is 31.0 Å². The van der Waals surface area contributed by atoms with E-state index in [1.807, 2.05) is 79.3 Å². The number of rotatable bonds is 9. The van der Waals surface area contributed by atoms with Crippen molar-refractivity contribution < 1.29 is 4.79 Å². The maximum atomic E-state index is 13.9. The van der Waals surface area contributed by atoms with Crippen molar-refractivity contribution in [2.45, 2.75) is 39.3 Å². The molecule has 0 radical (unpaired) electrons. The Bertz CT molecular complexity index is 1250. The number of aromatic nitrogens is 2. The molecule has 0 saturated heterocycles. The Kier molecular flexibility index (Phi) is 7.66. The molecule has 5 nitrogen and oxygen atoms in total. The summed E-state index contributed by atoms with van der Waals surface area (Å²) in [6.45, 7) is 4.84. The number of benzene rings is 3. The van der Waals surface area contributed by atoms with Gasteiger partial charge in [0.15, 0.2) is 0 Å². The largest absolute Gasteiger partial charge is 0.378 e. The minimum Gasteiger partial charge on any atom is -0.378 e. The summed E-state index contributed by atoms with van der Waals surface area (Å²) in [6.07, 6.45) is 1.84. The molecule has 0 aliphatic heterocycles. The van der Waals surface area contributed by atoms with Crippen LogP contribution >= 0.6 is 0 Å². The molecule has 3 aromatic carbocycles. The monoisotopic (exact) mass is 466 g/mol. The molecule has 1 atom stereocenters. The molecule has 1 amide bonds. The second-order valence-corrected chi connectivity index (χ2v) is 8.91. The SMILES string of the molecule is CCCC(NC(=O)c1c(-c2ccc(N(C)C)cc2)nc(-c2ccccc2)n1CC)c1ccccc1. The van der Waals surface area contributed by atoms with E-state index in [4.69, 9.17) is 4.98 Å². The number of anilines is 1. The summed E-state index contributed by atoms with van der Waals surface area (Å²) in [6, 6.07) is 28.4. The lowest BCUT2D eigenvalue weighted by molar-refractivity contribution is 0.0926. The van der Waals surface area contributed by atoms with Crippen LogP contribution in [-0.2, 0) is 6.54 Å². The molecule has 4 rings (SSSR count). The van der Waals surface area contributed by atoms with Crippen LogP contribution in [0.2, 0.25) is 0 Å². The van der Waals surface area contributed by atoms with Gasteiger partial charge in [0.05, 0.1) is 6.04 Å². The lowest BCUT2D eigenvalue weighted by Crippen LogP contribution is -2.30. The van der Waals surface area contributed by atoms with Crippen molar-refractivity contribution in [3.8, 4) is 22.6 Å². The third-order valence-corrected chi connectivity index (χ3v) is 6.27. The number of nitrogens with one attached hydrogen (secondary N) is 1. The third-order valence-electron chi connectivity index (χ3n) is 6.27. The summed E-state index contributed by atoms with van der Waals surface area (Å²) >= 11 is 0. The predicted octanol–water partition coefficient (Wildman–Crippen LogP) is 6.57. The van der Waals surface area contributed by atoms with Gasteiger partial charge in [-0.1, -0.05) is 86.1 Å². The molecule has 0 aliphatic carbocycles. The molecular formula is C30H34N4O. The predicted molar refractivity (Wildman–Crippen MR) is 145 cm³/mol. The molecule has 1 aromatic heterocycles. The van der Waals surface area contributed by atoms with E-state index in [1.54, 1.807) is 0 Å². The van der Waals surface area contributed by atoms with Gasteiger partial charge in [0.2, 0.25) is 0 Å². The quantitative estimate of drug-likeness (QED) is 0.303. The molecule has 0 saturated carbocycles. The van der Waals surface area contributed by atoms with Crippen LogP contribution in [-0.4, -0.2) is 29.6 Å². The van der Waals surface area contributed by atoms with Crippen molar-refractivity contribution in [2.75, 3.05) is 19.0 Å². The number of carbonyl (C=O) groups is 1. The lowest BCUT2D eigenvalue weighted by Gasteiger charge is -2.20. The van der Waals surface area contributed by atoms with Crippen molar-refractivity contribution in [1.82, 2.24) is 14.9 Å². The van der Waals surface area contributed by atoms with Crippen molar-refractivity contribution in [2.24, 2.45) is 0 Å². The Morgan fingerprint density at radius 1 is 0.886 bits per heavy atom. The zero-order chi connectivity index (χ0) is 24.8. The highest BCUT2D eigenvalue weighted by molar-refractivity contribution is 6.00. The van der Waals surface area contributed by atoms with E-state index in [2.05, 4.69) is 48.3 Å². The molecule has 35 heavy (non-hydrogen) atoms. The number of carbonyl (C=O) groups excluding carboxylic acids is 1. The summed E-state index contributed by atoms with van der Waals surface area (Å²) in [5, 5.41) is 3.32. The number of nitrogens with zero attached hydrogens (tertiary/aromatic N) is 3. The van der Waals surface area contributed by atoms with Gasteiger partial charge in [0, 0.05) is 37.5 Å². The maximum Gasteiger partial charge on any atom is 0.270 e. The van der Waals surface area contributed by atoms with Crippen molar-refractivity contribution >= 4 is 11.6 Å². The molecule has 0 aliphatic rings. The first-order valence-corrected chi connectivity index (χ1v) is 12.3. The van der Waals surface area contributed by atoms with E-state index >= 15 is 0 Å². The molecule has 4 aromatic rings. The van der Waals surface area contributed by atoms with E-state index in [0.717, 1.165) is 41.0 Å². The van der Waals surface area contributed by atoms with Crippen LogP contribution in [0.4, 0.5) is 5.69 Å². The summed E-state index contributed by atoms with van der Waals surface area (Å²) < 4.78 is 2.04. The van der Waals surface area contributed by atoms with E-state index in [1.165, 1.54) is 0 Å². The van der Waals surface area contributed by atoms with E-state index in [0.29, 0.717) is 17.9 Å². The second kappa shape index (κ2) is 11.0. The Labute approximate surface area is 208 Å². The average molecular weight is 467 g/mol. The van der Waals surface area contributed by atoms with Crippen LogP contribution in [0.3, 0.4) is 0 Å². The first kappa shape index (κ1) is 24.3. The van der Waals surface area contributed by atoms with Gasteiger partial charge >= 0.3 is 0 Å². The van der Waals surface area contributed by atoms with E-state index in [9.17, 15) is 4.79 Å². The first-order chi connectivity index (χ1) is 17.0. The Balaban J connectivity index is 1.81. The number of amides is 1. The Morgan fingerprint density at radius 2 is 1.51 bits per heavy atom. The molecule has 180 valence electrons. The highest BCUT2D eigenvalue weighted by Crippen LogP contribution is 2.31. The zero-order valence-corrected chi connectivity index (χ0v) is 21.0. The summed E-state index contributed by atoms with van der Waals surface area (Å²) in [7, 11) is 4.04. The second-order valence-electron chi connectivity index (χ2n) is 8.91. The molecule has 1 heterocycles. The van der Waals surface area contributed by atoms with Crippen molar-refractivity contribution in [3.05, 3.63) is 96.2 Å². The van der Waals surface area contributed by atoms with Gasteiger partial charge in [0.1, 0.15) is 17.2 Å². The van der Waals surface area contributed by atoms with Crippen LogP contribution in [0, 0.1) is 0 Å². The first-order valence-electron chi connectivity index (χ1n) is 12.3. The fourth-order valence-corrected chi connectivity index (χ4v) is 4.44. The van der Waals surface area contributed by atoms with Crippen LogP contribution in [0.25, 0.3) is 22.6 Å². The highest BCUT2D eigenvalue weighted by atomic mass is 16.2. The number of imidazole rings is 1. The van der Waals surface area contributed by atoms with Crippen LogP contribution in [0.1, 0.15) is 48.8 Å². The standard InChI is InChI=1S/C30H34N4O/c1-5-13-26(22-14-9-7-10-15-22)31-30(35)28-27(23-18-20-25(21-19-23)33(3)4)32-29(34(28)6-2)24-16-11-8-12-17-24/h7-12,14-21,26H,5-6,13H2,1-4H3,(H,31,35). The van der Waals surface area contributed by atoms with Gasteiger partial charge in [-0.25, -0.2) is 4.98 Å². The maximum absolute atomic E-state index is 13.9. The summed E-state index contributed by atoms with van der Waals surface area (Å²) in [5.41, 5.74) is 5.44. The summed E-state index contributed by atoms with van der Waals surface area (Å²) in [4.78, 5) is 21.0. The molecule has 5 heteroatoms. The third kappa shape index (κ3) is 5.29. The highest BCUT2D eigenvalue weighted by Gasteiger charge is 2.26. The van der Waals surface area contributed by atoms with Crippen molar-refractivity contribution in [1.29, 1.82) is 0 Å². The molecule has 0 spiro atoms. The van der Waals surface area contributed by atoms with Gasteiger partial charge in [-0.15, -0.1) is 0 Å². The minimum absolute atomic E-state index is 0.0574. The fraction of sp³-hybridized carbons (Fsp3) is 0.267. The van der Waals surface area contributed by atoms with Crippen LogP contribution < -0.4 is 10.2 Å². The molecular weight excluding hydrogens is 432 g/mol. The normalized spacial score (nSPS) is 11.8. The van der Waals surface area contributed by atoms with E-state index < -0.39 is 0 Å². The topological polar surface area (TPSA) is 50.2 Å². The van der Waals surface area contributed by atoms with Gasteiger partial charge in [0.25, 0.3) is 5.91 Å². The molecule has 1 N–H and O–H groups in total. The van der Waals surface area contributed by atoms with Gasteiger partial charge in [-0.2, -0.15) is 0 Å². The van der Waals surface area contributed by atoms with Crippen LogP contribution in [0.5, 0.6) is 0 Å². The molecule has 1 unspecified atom stereocenters. The van der Waals surface area contributed by atoms with Gasteiger partial charge in [-0.3, -0.25) is 4.79 Å². The van der Waals surface area contributed by atoms with Crippen molar-refractivity contribution in [3.63, 3.8) is 0 Å². The number of hydrogen-bond donors (Lipinski definition) is 1. The fourth-order valence-electron chi connectivity index (χ4n) is 4.44. The average Bonchev–Trinajstić information content (AvgIpc) is 3.29. The molecule has 0 fully saturated rings.